The van der Waals surface area contributed by atoms with Gasteiger partial charge in [0.15, 0.2) is 0 Å². The minimum atomic E-state index is -0.781. The Bertz CT molecular complexity index is 1010. The molecule has 4 rings (SSSR count). The van der Waals surface area contributed by atoms with Crippen molar-refractivity contribution in [1.82, 2.24) is 10.6 Å². The fourth-order valence-electron chi connectivity index (χ4n) is 5.34. The second kappa shape index (κ2) is 11.9. The van der Waals surface area contributed by atoms with Crippen molar-refractivity contribution in [2.75, 3.05) is 13.2 Å². The van der Waals surface area contributed by atoms with Gasteiger partial charge in [0.2, 0.25) is 5.91 Å². The highest BCUT2D eigenvalue weighted by Gasteiger charge is 2.31. The van der Waals surface area contributed by atoms with Crippen molar-refractivity contribution < 1.29 is 24.2 Å². The van der Waals surface area contributed by atoms with Gasteiger partial charge in [-0.2, -0.15) is 0 Å². The van der Waals surface area contributed by atoms with Gasteiger partial charge in [-0.05, 0) is 60.3 Å². The number of aliphatic carboxylic acids is 1. The lowest BCUT2D eigenvalue weighted by Crippen LogP contribution is -2.34. The van der Waals surface area contributed by atoms with Gasteiger partial charge in [0.05, 0.1) is 0 Å². The number of carboxylic acids is 1. The number of benzene rings is 2. The molecule has 2 aliphatic carbocycles. The van der Waals surface area contributed by atoms with E-state index in [1.54, 1.807) is 0 Å². The normalized spacial score (nSPS) is 18.5. The highest BCUT2D eigenvalue weighted by Crippen LogP contribution is 2.44. The third kappa shape index (κ3) is 6.62. The van der Waals surface area contributed by atoms with Crippen molar-refractivity contribution in [3.8, 4) is 11.1 Å². The van der Waals surface area contributed by atoms with Crippen molar-refractivity contribution in [3.63, 3.8) is 0 Å². The van der Waals surface area contributed by atoms with E-state index in [1.807, 2.05) is 24.3 Å². The third-order valence-electron chi connectivity index (χ3n) is 7.07. The second-order valence-electron chi connectivity index (χ2n) is 9.60. The molecule has 0 heterocycles. The molecule has 35 heavy (non-hydrogen) atoms. The summed E-state index contributed by atoms with van der Waals surface area (Å²) in [6, 6.07) is 16.6. The van der Waals surface area contributed by atoms with Crippen LogP contribution in [0.15, 0.2) is 48.5 Å². The van der Waals surface area contributed by atoms with Crippen LogP contribution in [0.4, 0.5) is 4.79 Å². The molecule has 0 spiro atoms. The molecular formula is C28H34N2O5. The lowest BCUT2D eigenvalue weighted by molar-refractivity contribution is -0.137. The third-order valence-corrected chi connectivity index (χ3v) is 7.07. The highest BCUT2D eigenvalue weighted by atomic mass is 16.5. The number of carboxylic acid groups (broad SMARTS) is 1. The Kier molecular flexibility index (Phi) is 8.40. The minimum absolute atomic E-state index is 0.0232. The van der Waals surface area contributed by atoms with Crippen LogP contribution in [-0.4, -0.2) is 42.3 Å². The maximum atomic E-state index is 12.5. The summed E-state index contributed by atoms with van der Waals surface area (Å²) in [5, 5.41) is 14.6. The van der Waals surface area contributed by atoms with E-state index in [0.717, 1.165) is 32.1 Å². The van der Waals surface area contributed by atoms with E-state index in [2.05, 4.69) is 34.9 Å². The Morgan fingerprint density at radius 1 is 0.914 bits per heavy atom. The Morgan fingerprint density at radius 3 is 2.29 bits per heavy atom. The van der Waals surface area contributed by atoms with Gasteiger partial charge < -0.3 is 20.5 Å². The van der Waals surface area contributed by atoms with E-state index in [1.165, 1.54) is 22.3 Å². The first-order valence-electron chi connectivity index (χ1n) is 12.6. The van der Waals surface area contributed by atoms with E-state index >= 15 is 0 Å². The van der Waals surface area contributed by atoms with Crippen molar-refractivity contribution in [2.24, 2.45) is 5.92 Å². The van der Waals surface area contributed by atoms with Gasteiger partial charge in [0, 0.05) is 31.3 Å². The van der Waals surface area contributed by atoms with E-state index in [-0.39, 0.29) is 30.2 Å². The molecule has 0 aliphatic heterocycles. The van der Waals surface area contributed by atoms with Crippen molar-refractivity contribution in [3.05, 3.63) is 59.7 Å². The number of hydrogen-bond donors (Lipinski definition) is 3. The molecule has 2 atom stereocenters. The van der Waals surface area contributed by atoms with Crippen molar-refractivity contribution in [1.29, 1.82) is 0 Å². The molecule has 2 aromatic rings. The second-order valence-corrected chi connectivity index (χ2v) is 9.60. The lowest BCUT2D eigenvalue weighted by Gasteiger charge is -2.17. The summed E-state index contributed by atoms with van der Waals surface area (Å²) in [5.41, 5.74) is 4.79. The number of unbranched alkanes of at least 4 members (excludes halogenated alkanes) is 2. The largest absolute Gasteiger partial charge is 0.481 e. The molecule has 7 heteroatoms. The van der Waals surface area contributed by atoms with Gasteiger partial charge >= 0.3 is 12.1 Å². The zero-order valence-electron chi connectivity index (χ0n) is 20.0. The van der Waals surface area contributed by atoms with Crippen molar-refractivity contribution >= 4 is 18.0 Å². The van der Waals surface area contributed by atoms with E-state index in [4.69, 9.17) is 9.84 Å². The zero-order chi connectivity index (χ0) is 24.6. The maximum absolute atomic E-state index is 12.5. The molecule has 0 saturated heterocycles. The smallest absolute Gasteiger partial charge is 0.407 e. The summed E-state index contributed by atoms with van der Waals surface area (Å²) in [4.78, 5) is 35.2. The van der Waals surface area contributed by atoms with Crippen LogP contribution < -0.4 is 10.6 Å². The molecule has 0 aromatic heterocycles. The van der Waals surface area contributed by atoms with Crippen LogP contribution in [0.5, 0.6) is 0 Å². The number of hydrogen-bond acceptors (Lipinski definition) is 4. The van der Waals surface area contributed by atoms with Gasteiger partial charge in [-0.3, -0.25) is 9.59 Å². The van der Waals surface area contributed by atoms with E-state index in [0.29, 0.717) is 26.0 Å². The summed E-state index contributed by atoms with van der Waals surface area (Å²) >= 11 is 0. The number of carbonyl (C=O) groups is 3. The van der Waals surface area contributed by atoms with Crippen LogP contribution in [0.3, 0.4) is 0 Å². The summed E-state index contributed by atoms with van der Waals surface area (Å²) in [5.74, 6) is -0.468. The van der Waals surface area contributed by atoms with E-state index in [9.17, 15) is 14.4 Å². The summed E-state index contributed by atoms with van der Waals surface area (Å²) in [6.07, 6.45) is 4.97. The van der Waals surface area contributed by atoms with Crippen LogP contribution in [-0.2, 0) is 14.3 Å². The quantitative estimate of drug-likeness (QED) is 0.401. The fourth-order valence-corrected chi connectivity index (χ4v) is 5.34. The van der Waals surface area contributed by atoms with E-state index < -0.39 is 12.1 Å². The molecule has 2 aromatic carbocycles. The first kappa shape index (κ1) is 24.8. The molecule has 3 N–H and O–H groups in total. The summed E-state index contributed by atoms with van der Waals surface area (Å²) in [7, 11) is 0. The first-order valence-corrected chi connectivity index (χ1v) is 12.6. The summed E-state index contributed by atoms with van der Waals surface area (Å²) in [6.45, 7) is 0.873. The van der Waals surface area contributed by atoms with Crippen LogP contribution >= 0.6 is 0 Å². The Hall–Kier alpha value is -3.35. The van der Waals surface area contributed by atoms with Crippen LogP contribution in [0.2, 0.25) is 0 Å². The van der Waals surface area contributed by atoms with Crippen LogP contribution in [0.1, 0.15) is 68.4 Å². The number of alkyl carbamates (subject to hydrolysis) is 1. The Morgan fingerprint density at radius 2 is 1.60 bits per heavy atom. The fraction of sp³-hybridized carbons (Fsp3) is 0.464. The number of fused-ring (bicyclic) bond motifs is 3. The number of rotatable bonds is 11. The average Bonchev–Trinajstić information content (AvgIpc) is 3.41. The minimum Gasteiger partial charge on any atom is -0.481 e. The number of carbonyl (C=O) groups excluding carboxylic acids is 2. The van der Waals surface area contributed by atoms with Crippen molar-refractivity contribution in [2.45, 2.75) is 63.3 Å². The van der Waals surface area contributed by atoms with Gasteiger partial charge in [-0.15, -0.1) is 0 Å². The number of ether oxygens (including phenoxy) is 1. The lowest BCUT2D eigenvalue weighted by atomic mass is 9.98. The summed E-state index contributed by atoms with van der Waals surface area (Å²) < 4.78 is 5.65. The Balaban J connectivity index is 1.16. The topological polar surface area (TPSA) is 105 Å². The highest BCUT2D eigenvalue weighted by molar-refractivity contribution is 5.79. The number of nitrogens with one attached hydrogen (secondary N) is 2. The molecule has 0 bridgehead atoms. The molecule has 7 nitrogen and oxygen atoms in total. The molecule has 1 saturated carbocycles. The van der Waals surface area contributed by atoms with Gasteiger partial charge in [0.1, 0.15) is 6.61 Å². The Labute approximate surface area is 206 Å². The molecule has 0 radical (unpaired) electrons. The predicted octanol–water partition coefficient (Wildman–Crippen LogP) is 4.85. The van der Waals surface area contributed by atoms with Gasteiger partial charge in [-0.1, -0.05) is 55.0 Å². The maximum Gasteiger partial charge on any atom is 0.407 e. The standard InChI is InChI=1S/C28H34N2O5/c31-26(29-15-7-1-2-12-27(32)33)17-19-13-14-20(16-19)30-28(34)35-18-25-23-10-5-3-8-21(23)22-9-4-6-11-24(22)25/h3-6,8-11,19-20,25H,1-2,7,12-18H2,(H,29,31)(H,30,34)(H,32,33). The van der Waals surface area contributed by atoms with Gasteiger partial charge in [-0.25, -0.2) is 4.79 Å². The molecule has 1 fully saturated rings. The molecular weight excluding hydrogens is 444 g/mol. The predicted molar refractivity (Wildman–Crippen MR) is 133 cm³/mol. The number of amides is 2. The van der Waals surface area contributed by atoms with Gasteiger partial charge in [0.25, 0.3) is 0 Å². The monoisotopic (exact) mass is 478 g/mol. The van der Waals surface area contributed by atoms with Crippen LogP contribution in [0, 0.1) is 5.92 Å². The molecule has 186 valence electrons. The molecule has 2 aliphatic rings. The molecule has 2 unspecified atom stereocenters. The average molecular weight is 479 g/mol. The molecule has 2 amide bonds. The van der Waals surface area contributed by atoms with Crippen LogP contribution in [0.25, 0.3) is 11.1 Å². The SMILES string of the molecule is O=C(O)CCCCCNC(=O)CC1CCC(NC(=O)OCC2c3ccccc3-c3ccccc32)C1. The first-order chi connectivity index (χ1) is 17.0. The zero-order valence-corrected chi connectivity index (χ0v) is 20.0.